The van der Waals surface area contributed by atoms with Gasteiger partial charge in [0.15, 0.2) is 0 Å². The predicted octanol–water partition coefficient (Wildman–Crippen LogP) is 3.34. The number of piperidine rings is 1. The van der Waals surface area contributed by atoms with Gasteiger partial charge in [0.05, 0.1) is 13.1 Å². The standard InChI is InChI=1S/C16H20N2OS2/c19-16(13-5-7-17-8-6-13)18(11-14-3-1-9-20-14)12-15-4-2-10-21-15/h1-4,9-10,13,17H,5-8,11-12H2. The molecule has 5 heteroatoms. The van der Waals surface area contributed by atoms with Crippen molar-refractivity contribution in [1.82, 2.24) is 10.2 Å². The quantitative estimate of drug-likeness (QED) is 0.916. The minimum Gasteiger partial charge on any atom is -0.332 e. The molecule has 21 heavy (non-hydrogen) atoms. The van der Waals surface area contributed by atoms with Crippen LogP contribution in [0, 0.1) is 5.92 Å². The first kappa shape index (κ1) is 14.8. The maximum absolute atomic E-state index is 12.9. The number of hydrogen-bond acceptors (Lipinski definition) is 4. The lowest BCUT2D eigenvalue weighted by Gasteiger charge is -2.29. The Morgan fingerprint density at radius 1 is 1.10 bits per heavy atom. The lowest BCUT2D eigenvalue weighted by molar-refractivity contribution is -0.137. The molecule has 0 spiro atoms. The van der Waals surface area contributed by atoms with E-state index < -0.39 is 0 Å². The fourth-order valence-electron chi connectivity index (χ4n) is 2.72. The van der Waals surface area contributed by atoms with Crippen molar-refractivity contribution in [2.45, 2.75) is 25.9 Å². The Hall–Kier alpha value is -1.17. The number of nitrogens with one attached hydrogen (secondary N) is 1. The van der Waals surface area contributed by atoms with E-state index >= 15 is 0 Å². The third kappa shape index (κ3) is 3.93. The Bertz CT molecular complexity index is 509. The topological polar surface area (TPSA) is 32.3 Å². The zero-order valence-corrected chi connectivity index (χ0v) is 13.6. The normalized spacial score (nSPS) is 16.0. The highest BCUT2D eigenvalue weighted by Gasteiger charge is 2.26. The Morgan fingerprint density at radius 2 is 1.67 bits per heavy atom. The SMILES string of the molecule is O=C(C1CCNCC1)N(Cc1cccs1)Cc1cccs1. The van der Waals surface area contributed by atoms with Gasteiger partial charge < -0.3 is 10.2 Å². The first-order valence-electron chi connectivity index (χ1n) is 7.37. The van der Waals surface area contributed by atoms with Crippen molar-refractivity contribution in [1.29, 1.82) is 0 Å². The summed E-state index contributed by atoms with van der Waals surface area (Å²) in [4.78, 5) is 17.4. The average Bonchev–Trinajstić information content (AvgIpc) is 3.20. The molecule has 112 valence electrons. The molecule has 2 aromatic heterocycles. The summed E-state index contributed by atoms with van der Waals surface area (Å²) in [5, 5.41) is 7.49. The third-order valence-electron chi connectivity index (χ3n) is 3.85. The fraction of sp³-hybridized carbons (Fsp3) is 0.438. The zero-order valence-electron chi connectivity index (χ0n) is 12.0. The molecule has 0 unspecified atom stereocenters. The van der Waals surface area contributed by atoms with Crippen molar-refractivity contribution in [3.8, 4) is 0 Å². The number of amides is 1. The highest BCUT2D eigenvalue weighted by atomic mass is 32.1. The van der Waals surface area contributed by atoms with E-state index in [-0.39, 0.29) is 5.92 Å². The minimum absolute atomic E-state index is 0.186. The summed E-state index contributed by atoms with van der Waals surface area (Å²) in [6.45, 7) is 3.39. The molecule has 0 saturated carbocycles. The van der Waals surface area contributed by atoms with Gasteiger partial charge in [-0.15, -0.1) is 22.7 Å². The van der Waals surface area contributed by atoms with Crippen LogP contribution in [0.15, 0.2) is 35.0 Å². The highest BCUT2D eigenvalue weighted by Crippen LogP contribution is 2.22. The van der Waals surface area contributed by atoms with Gasteiger partial charge in [-0.05, 0) is 48.8 Å². The van der Waals surface area contributed by atoms with Crippen LogP contribution in [0.3, 0.4) is 0 Å². The number of hydrogen-bond donors (Lipinski definition) is 1. The van der Waals surface area contributed by atoms with Gasteiger partial charge in [-0.1, -0.05) is 12.1 Å². The minimum atomic E-state index is 0.186. The van der Waals surface area contributed by atoms with Crippen molar-refractivity contribution in [2.75, 3.05) is 13.1 Å². The van der Waals surface area contributed by atoms with Gasteiger partial charge in [0.2, 0.25) is 5.91 Å². The second-order valence-electron chi connectivity index (χ2n) is 5.38. The molecule has 0 aromatic carbocycles. The summed E-state index contributed by atoms with van der Waals surface area (Å²) < 4.78 is 0. The average molecular weight is 320 g/mol. The van der Waals surface area contributed by atoms with E-state index in [2.05, 4.69) is 40.3 Å². The molecule has 1 aliphatic rings. The first-order valence-corrected chi connectivity index (χ1v) is 9.13. The Morgan fingerprint density at radius 3 is 2.14 bits per heavy atom. The van der Waals surface area contributed by atoms with E-state index in [1.165, 1.54) is 9.75 Å². The van der Waals surface area contributed by atoms with Crippen LogP contribution in [0.5, 0.6) is 0 Å². The predicted molar refractivity (Wildman–Crippen MR) is 88.5 cm³/mol. The molecule has 0 bridgehead atoms. The van der Waals surface area contributed by atoms with Gasteiger partial charge in [0, 0.05) is 15.7 Å². The summed E-state index contributed by atoms with van der Waals surface area (Å²) in [6.07, 6.45) is 1.93. The van der Waals surface area contributed by atoms with Crippen LogP contribution < -0.4 is 5.32 Å². The molecule has 3 heterocycles. The van der Waals surface area contributed by atoms with Crippen LogP contribution in [0.4, 0.5) is 0 Å². The number of thiophene rings is 2. The molecular formula is C16H20N2OS2. The molecule has 1 N–H and O–H groups in total. The van der Waals surface area contributed by atoms with Crippen molar-refractivity contribution < 1.29 is 4.79 Å². The van der Waals surface area contributed by atoms with Crippen LogP contribution in [-0.4, -0.2) is 23.9 Å². The Labute approximate surface area is 133 Å². The van der Waals surface area contributed by atoms with Gasteiger partial charge in [-0.2, -0.15) is 0 Å². The number of carbonyl (C=O) groups excluding carboxylic acids is 1. The van der Waals surface area contributed by atoms with E-state index in [1.807, 2.05) is 4.90 Å². The van der Waals surface area contributed by atoms with Gasteiger partial charge in [-0.25, -0.2) is 0 Å². The zero-order chi connectivity index (χ0) is 14.5. The van der Waals surface area contributed by atoms with Crippen molar-refractivity contribution in [3.05, 3.63) is 44.8 Å². The van der Waals surface area contributed by atoms with Gasteiger partial charge >= 0.3 is 0 Å². The van der Waals surface area contributed by atoms with E-state index in [0.717, 1.165) is 39.0 Å². The lowest BCUT2D eigenvalue weighted by Crippen LogP contribution is -2.40. The molecule has 2 aromatic rings. The highest BCUT2D eigenvalue weighted by molar-refractivity contribution is 7.10. The number of nitrogens with zero attached hydrogens (tertiary/aromatic N) is 1. The lowest BCUT2D eigenvalue weighted by atomic mass is 9.96. The van der Waals surface area contributed by atoms with E-state index in [1.54, 1.807) is 22.7 Å². The fourth-order valence-corrected chi connectivity index (χ4v) is 4.16. The number of carbonyl (C=O) groups is 1. The summed E-state index contributed by atoms with van der Waals surface area (Å²) in [6, 6.07) is 8.33. The Balaban J connectivity index is 1.72. The van der Waals surface area contributed by atoms with Crippen molar-refractivity contribution >= 4 is 28.6 Å². The molecule has 0 aliphatic carbocycles. The second-order valence-corrected chi connectivity index (χ2v) is 7.44. The molecule has 3 rings (SSSR count). The summed E-state index contributed by atoms with van der Waals surface area (Å²) in [5.41, 5.74) is 0. The van der Waals surface area contributed by atoms with Crippen molar-refractivity contribution in [3.63, 3.8) is 0 Å². The molecule has 3 nitrogen and oxygen atoms in total. The van der Waals surface area contributed by atoms with E-state index in [4.69, 9.17) is 0 Å². The number of rotatable bonds is 5. The third-order valence-corrected chi connectivity index (χ3v) is 5.58. The van der Waals surface area contributed by atoms with Crippen LogP contribution in [0.25, 0.3) is 0 Å². The summed E-state index contributed by atoms with van der Waals surface area (Å²) in [7, 11) is 0. The maximum Gasteiger partial charge on any atom is 0.226 e. The van der Waals surface area contributed by atoms with Gasteiger partial charge in [-0.3, -0.25) is 4.79 Å². The smallest absolute Gasteiger partial charge is 0.226 e. The molecule has 1 saturated heterocycles. The molecule has 1 fully saturated rings. The van der Waals surface area contributed by atoms with Gasteiger partial charge in [0.1, 0.15) is 0 Å². The van der Waals surface area contributed by atoms with Crippen LogP contribution >= 0.6 is 22.7 Å². The summed E-state index contributed by atoms with van der Waals surface area (Å²) in [5.74, 6) is 0.504. The van der Waals surface area contributed by atoms with E-state index in [0.29, 0.717) is 5.91 Å². The molecule has 1 amide bonds. The molecule has 0 atom stereocenters. The molecule has 0 radical (unpaired) electrons. The molecule has 1 aliphatic heterocycles. The monoisotopic (exact) mass is 320 g/mol. The van der Waals surface area contributed by atoms with Gasteiger partial charge in [0.25, 0.3) is 0 Å². The van der Waals surface area contributed by atoms with Crippen LogP contribution in [0.1, 0.15) is 22.6 Å². The van der Waals surface area contributed by atoms with Crippen LogP contribution in [-0.2, 0) is 17.9 Å². The van der Waals surface area contributed by atoms with Crippen molar-refractivity contribution in [2.24, 2.45) is 5.92 Å². The molecular weight excluding hydrogens is 300 g/mol. The largest absolute Gasteiger partial charge is 0.332 e. The Kier molecular flexibility index (Phi) is 5.06. The second kappa shape index (κ2) is 7.20. The summed E-state index contributed by atoms with van der Waals surface area (Å²) >= 11 is 3.45. The van der Waals surface area contributed by atoms with Crippen LogP contribution in [0.2, 0.25) is 0 Å². The first-order chi connectivity index (χ1) is 10.3. The maximum atomic E-state index is 12.9. The van der Waals surface area contributed by atoms with E-state index in [9.17, 15) is 4.79 Å².